The van der Waals surface area contributed by atoms with Gasteiger partial charge in [0.25, 0.3) is 11.1 Å². The number of thioether (sulfide) groups is 1. The van der Waals surface area contributed by atoms with Crippen molar-refractivity contribution in [1.82, 2.24) is 4.90 Å². The normalized spacial score (nSPS) is 15.3. The molecule has 2 aromatic rings. The minimum atomic E-state index is -0.473. The fraction of sp³-hybridized carbons (Fsp3) is 0.136. The van der Waals surface area contributed by atoms with Crippen LogP contribution >= 0.6 is 11.8 Å². The molecule has 1 N–H and O–H groups in total. The van der Waals surface area contributed by atoms with Crippen LogP contribution in [-0.2, 0) is 9.59 Å². The van der Waals surface area contributed by atoms with E-state index < -0.39 is 17.1 Å². The lowest BCUT2D eigenvalue weighted by molar-refractivity contribution is -0.127. The van der Waals surface area contributed by atoms with Crippen LogP contribution in [0.1, 0.15) is 12.5 Å². The average Bonchev–Trinajstić information content (AvgIpc) is 2.98. The van der Waals surface area contributed by atoms with Gasteiger partial charge in [0.1, 0.15) is 12.3 Å². The van der Waals surface area contributed by atoms with Crippen LogP contribution in [0.5, 0.6) is 5.75 Å². The predicted molar refractivity (Wildman–Crippen MR) is 114 cm³/mol. The Morgan fingerprint density at radius 1 is 1.10 bits per heavy atom. The zero-order chi connectivity index (χ0) is 20.6. The maximum absolute atomic E-state index is 12.4. The Morgan fingerprint density at radius 2 is 1.83 bits per heavy atom. The Kier molecular flexibility index (Phi) is 6.86. The van der Waals surface area contributed by atoms with Crippen LogP contribution in [0.15, 0.2) is 71.7 Å². The monoisotopic (exact) mass is 408 g/mol. The van der Waals surface area contributed by atoms with Crippen LogP contribution in [0.3, 0.4) is 0 Å². The maximum Gasteiger partial charge on any atom is 0.294 e. The Hall–Kier alpha value is -3.32. The lowest BCUT2D eigenvalue weighted by Gasteiger charge is -2.12. The standard InChI is InChI=1S/C22H20N2O4S/c1-2-28-18-13-11-17(12-14-18)23-20(25)15-24-21(26)19(29-22(24)27)10-6-9-16-7-4-3-5-8-16/h3-14H,2,15H2,1H3,(H,23,25)/b9-6+,19-10+. The van der Waals surface area contributed by atoms with Crippen molar-refractivity contribution in [3.05, 3.63) is 77.2 Å². The van der Waals surface area contributed by atoms with Crippen LogP contribution in [-0.4, -0.2) is 35.1 Å². The Bertz CT molecular complexity index is 953. The molecule has 6 nitrogen and oxygen atoms in total. The van der Waals surface area contributed by atoms with Crippen molar-refractivity contribution >= 4 is 40.6 Å². The number of rotatable bonds is 7. The van der Waals surface area contributed by atoms with Gasteiger partial charge in [0.15, 0.2) is 0 Å². The number of benzene rings is 2. The van der Waals surface area contributed by atoms with E-state index >= 15 is 0 Å². The Balaban J connectivity index is 1.58. The van der Waals surface area contributed by atoms with Gasteiger partial charge in [0.05, 0.1) is 11.5 Å². The van der Waals surface area contributed by atoms with Crippen molar-refractivity contribution in [3.63, 3.8) is 0 Å². The molecule has 1 aliphatic rings. The molecule has 29 heavy (non-hydrogen) atoms. The fourth-order valence-corrected chi connectivity index (χ4v) is 3.40. The third-order valence-corrected chi connectivity index (χ3v) is 4.89. The van der Waals surface area contributed by atoms with Crippen LogP contribution < -0.4 is 10.1 Å². The van der Waals surface area contributed by atoms with Gasteiger partial charge >= 0.3 is 0 Å². The number of ether oxygens (including phenoxy) is 1. The summed E-state index contributed by atoms with van der Waals surface area (Å²) in [5.74, 6) is -0.220. The largest absolute Gasteiger partial charge is 0.494 e. The molecule has 2 aromatic carbocycles. The van der Waals surface area contributed by atoms with Crippen molar-refractivity contribution in [2.45, 2.75) is 6.92 Å². The first-order valence-corrected chi connectivity index (χ1v) is 9.88. The minimum Gasteiger partial charge on any atom is -0.494 e. The summed E-state index contributed by atoms with van der Waals surface area (Å²) in [6, 6.07) is 16.5. The van der Waals surface area contributed by atoms with E-state index in [9.17, 15) is 14.4 Å². The number of allylic oxidation sites excluding steroid dienone is 2. The van der Waals surface area contributed by atoms with Gasteiger partial charge in [-0.15, -0.1) is 0 Å². The number of amides is 3. The van der Waals surface area contributed by atoms with Crippen LogP contribution in [0.4, 0.5) is 10.5 Å². The molecule has 0 spiro atoms. The number of imide groups is 1. The fourth-order valence-electron chi connectivity index (χ4n) is 2.61. The molecule has 0 aromatic heterocycles. The highest BCUT2D eigenvalue weighted by atomic mass is 32.2. The minimum absolute atomic E-state index is 0.288. The maximum atomic E-state index is 12.4. The summed E-state index contributed by atoms with van der Waals surface area (Å²) in [4.78, 5) is 38.1. The topological polar surface area (TPSA) is 75.7 Å². The highest BCUT2D eigenvalue weighted by Gasteiger charge is 2.35. The van der Waals surface area contributed by atoms with E-state index in [-0.39, 0.29) is 11.4 Å². The number of carbonyl (C=O) groups excluding carboxylic acids is 3. The van der Waals surface area contributed by atoms with E-state index in [1.54, 1.807) is 36.4 Å². The molecule has 3 rings (SSSR count). The van der Waals surface area contributed by atoms with Crippen molar-refractivity contribution in [2.75, 3.05) is 18.5 Å². The average molecular weight is 408 g/mol. The van der Waals surface area contributed by atoms with Crippen molar-refractivity contribution in [3.8, 4) is 5.75 Å². The molecule has 0 atom stereocenters. The molecule has 1 heterocycles. The number of hydrogen-bond donors (Lipinski definition) is 1. The second-order valence-corrected chi connectivity index (χ2v) is 7.06. The molecule has 1 fully saturated rings. The van der Waals surface area contributed by atoms with Gasteiger partial charge in [0, 0.05) is 5.69 Å². The quantitative estimate of drug-likeness (QED) is 0.691. The number of nitrogens with zero attached hydrogens (tertiary/aromatic N) is 1. The summed E-state index contributed by atoms with van der Waals surface area (Å²) >= 11 is 0.823. The number of nitrogens with one attached hydrogen (secondary N) is 1. The molecule has 3 amide bonds. The Morgan fingerprint density at radius 3 is 2.52 bits per heavy atom. The summed E-state index contributed by atoms with van der Waals surface area (Å²) in [6.45, 7) is 2.11. The summed E-state index contributed by atoms with van der Waals surface area (Å²) < 4.78 is 5.35. The van der Waals surface area contributed by atoms with E-state index in [0.717, 1.165) is 22.2 Å². The SMILES string of the molecule is CCOc1ccc(NC(=O)CN2C(=O)S/C(=C/C=C/c3ccccc3)C2=O)cc1. The molecule has 148 valence electrons. The van der Waals surface area contributed by atoms with Crippen molar-refractivity contribution in [1.29, 1.82) is 0 Å². The highest BCUT2D eigenvalue weighted by molar-refractivity contribution is 8.18. The third-order valence-electron chi connectivity index (χ3n) is 3.96. The third kappa shape index (κ3) is 5.58. The summed E-state index contributed by atoms with van der Waals surface area (Å²) in [6.07, 6.45) is 5.14. The van der Waals surface area contributed by atoms with Gasteiger partial charge < -0.3 is 10.1 Å². The van der Waals surface area contributed by atoms with Gasteiger partial charge in [0.2, 0.25) is 5.91 Å². The van der Waals surface area contributed by atoms with Crippen molar-refractivity contribution < 1.29 is 19.1 Å². The predicted octanol–water partition coefficient (Wildman–Crippen LogP) is 4.32. The first kappa shape index (κ1) is 20.4. The number of anilines is 1. The molecule has 7 heteroatoms. The molecule has 0 unspecified atom stereocenters. The second-order valence-electron chi connectivity index (χ2n) is 6.07. The smallest absolute Gasteiger partial charge is 0.294 e. The molecule has 1 aliphatic heterocycles. The van der Waals surface area contributed by atoms with Gasteiger partial charge in [-0.2, -0.15) is 0 Å². The molecule has 0 radical (unpaired) electrons. The van der Waals surface area contributed by atoms with E-state index in [1.807, 2.05) is 43.3 Å². The van der Waals surface area contributed by atoms with E-state index in [4.69, 9.17) is 4.74 Å². The van der Waals surface area contributed by atoms with Crippen molar-refractivity contribution in [2.24, 2.45) is 0 Å². The van der Waals surface area contributed by atoms with Gasteiger partial charge in [-0.3, -0.25) is 19.3 Å². The molecule has 0 bridgehead atoms. The lowest BCUT2D eigenvalue weighted by Crippen LogP contribution is -2.36. The zero-order valence-corrected chi connectivity index (χ0v) is 16.6. The zero-order valence-electron chi connectivity index (χ0n) is 15.8. The van der Waals surface area contributed by atoms with Gasteiger partial charge in [-0.1, -0.05) is 42.5 Å². The summed E-state index contributed by atoms with van der Waals surface area (Å²) in [5.41, 5.74) is 1.55. The van der Waals surface area contributed by atoms with Crippen LogP contribution in [0.2, 0.25) is 0 Å². The van der Waals surface area contributed by atoms with Crippen LogP contribution in [0.25, 0.3) is 6.08 Å². The summed E-state index contributed by atoms with van der Waals surface area (Å²) in [5, 5.41) is 2.21. The van der Waals surface area contributed by atoms with Gasteiger partial charge in [-0.05, 0) is 54.6 Å². The highest BCUT2D eigenvalue weighted by Crippen LogP contribution is 2.30. The van der Waals surface area contributed by atoms with E-state index in [1.165, 1.54) is 0 Å². The van der Waals surface area contributed by atoms with Gasteiger partial charge in [-0.25, -0.2) is 0 Å². The first-order chi connectivity index (χ1) is 14.1. The number of carbonyl (C=O) groups is 3. The van der Waals surface area contributed by atoms with Crippen LogP contribution in [0, 0.1) is 0 Å². The first-order valence-electron chi connectivity index (χ1n) is 9.06. The molecule has 0 aliphatic carbocycles. The molecule has 1 saturated heterocycles. The molecular formula is C22H20N2O4S. The number of hydrogen-bond acceptors (Lipinski definition) is 5. The van der Waals surface area contributed by atoms with E-state index in [2.05, 4.69) is 5.32 Å². The Labute approximate surface area is 173 Å². The molecule has 0 saturated carbocycles. The summed E-state index contributed by atoms with van der Waals surface area (Å²) in [7, 11) is 0. The molecular weight excluding hydrogens is 388 g/mol. The van der Waals surface area contributed by atoms with E-state index in [0.29, 0.717) is 18.0 Å². The lowest BCUT2D eigenvalue weighted by atomic mass is 10.2. The second kappa shape index (κ2) is 9.75.